The minimum Gasteiger partial charge on any atom is -0.337 e. The molecule has 17 heavy (non-hydrogen) atoms. The molecule has 2 nitrogen and oxygen atoms in total. The molecule has 0 saturated carbocycles. The Morgan fingerprint density at radius 3 is 2.71 bits per heavy atom. The molecule has 0 aromatic carbocycles. The number of hydrogen-bond donors (Lipinski definition) is 0. The summed E-state index contributed by atoms with van der Waals surface area (Å²) in [6.45, 7) is 0.646. The maximum Gasteiger partial charge on any atom is 0.254 e. The predicted octanol–water partition coefficient (Wildman–Crippen LogP) is 4.45. The Balaban J connectivity index is 2.05. The molecule has 0 aliphatic carbocycles. The summed E-state index contributed by atoms with van der Waals surface area (Å²) in [5.41, 5.74) is 1.93. The first-order valence-electron chi connectivity index (χ1n) is 4.78. The topological polar surface area (TPSA) is 20.3 Å². The highest BCUT2D eigenvalue weighted by Crippen LogP contribution is 2.23. The lowest BCUT2D eigenvalue weighted by atomic mass is 10.2. The van der Waals surface area contributed by atoms with Gasteiger partial charge in [0.15, 0.2) is 0 Å². The fourth-order valence-corrected chi connectivity index (χ4v) is 3.94. The Morgan fingerprint density at radius 1 is 1.41 bits per heavy atom. The first kappa shape index (κ1) is 13.5. The van der Waals surface area contributed by atoms with Crippen LogP contribution in [-0.2, 0) is 6.54 Å². The van der Waals surface area contributed by atoms with Gasteiger partial charge in [-0.05, 0) is 61.6 Å². The van der Waals surface area contributed by atoms with E-state index in [1.807, 2.05) is 24.6 Å². The van der Waals surface area contributed by atoms with Crippen LogP contribution in [0.2, 0.25) is 0 Å². The normalized spacial score (nSPS) is 10.5. The number of carbonyl (C=O) groups is 1. The monoisotopic (exact) mass is 441 g/mol. The van der Waals surface area contributed by atoms with Crippen molar-refractivity contribution < 1.29 is 4.79 Å². The van der Waals surface area contributed by atoms with Gasteiger partial charge in [0.05, 0.1) is 12.2 Å². The van der Waals surface area contributed by atoms with Crippen molar-refractivity contribution in [1.29, 1.82) is 0 Å². The third kappa shape index (κ3) is 3.52. The molecule has 2 heterocycles. The fraction of sp³-hybridized carbons (Fsp3) is 0.182. The van der Waals surface area contributed by atoms with Gasteiger partial charge in [-0.3, -0.25) is 4.79 Å². The number of thiophene rings is 2. The van der Waals surface area contributed by atoms with Gasteiger partial charge in [-0.15, -0.1) is 22.7 Å². The Labute approximate surface area is 130 Å². The van der Waals surface area contributed by atoms with Crippen LogP contribution in [0.4, 0.5) is 0 Å². The molecule has 0 radical (unpaired) electrons. The van der Waals surface area contributed by atoms with Gasteiger partial charge in [0.25, 0.3) is 5.91 Å². The molecule has 0 aliphatic heterocycles. The van der Waals surface area contributed by atoms with Gasteiger partial charge in [-0.25, -0.2) is 0 Å². The molecule has 2 aromatic rings. The number of rotatable bonds is 3. The summed E-state index contributed by atoms with van der Waals surface area (Å²) in [7, 11) is 1.83. The lowest BCUT2D eigenvalue weighted by Crippen LogP contribution is -2.25. The van der Waals surface area contributed by atoms with E-state index in [4.69, 9.17) is 0 Å². The van der Waals surface area contributed by atoms with Gasteiger partial charge in [0, 0.05) is 19.0 Å². The molecule has 0 saturated heterocycles. The number of carbonyl (C=O) groups excluding carboxylic acids is 1. The molecule has 0 aliphatic rings. The molecular formula is C11H9BrINOS2. The van der Waals surface area contributed by atoms with Crippen LogP contribution < -0.4 is 0 Å². The lowest BCUT2D eigenvalue weighted by Gasteiger charge is -2.15. The van der Waals surface area contributed by atoms with E-state index in [9.17, 15) is 4.79 Å². The van der Waals surface area contributed by atoms with Crippen molar-refractivity contribution in [2.24, 2.45) is 0 Å². The van der Waals surface area contributed by atoms with Crippen molar-refractivity contribution in [1.82, 2.24) is 4.90 Å². The molecular weight excluding hydrogens is 433 g/mol. The number of amides is 1. The second-order valence-corrected chi connectivity index (χ2v) is 8.66. The van der Waals surface area contributed by atoms with Gasteiger partial charge in [-0.1, -0.05) is 0 Å². The maximum absolute atomic E-state index is 12.1. The molecule has 0 bridgehead atoms. The minimum absolute atomic E-state index is 0.0755. The number of halogens is 2. The number of hydrogen-bond acceptors (Lipinski definition) is 3. The van der Waals surface area contributed by atoms with Crippen LogP contribution in [0.3, 0.4) is 0 Å². The largest absolute Gasteiger partial charge is 0.337 e. The maximum atomic E-state index is 12.1. The van der Waals surface area contributed by atoms with E-state index in [0.29, 0.717) is 6.54 Å². The average Bonchev–Trinajstić information content (AvgIpc) is 2.87. The molecule has 0 N–H and O–H groups in total. The van der Waals surface area contributed by atoms with E-state index in [2.05, 4.69) is 43.9 Å². The van der Waals surface area contributed by atoms with E-state index >= 15 is 0 Å². The van der Waals surface area contributed by atoms with E-state index in [1.54, 1.807) is 27.6 Å². The molecule has 0 unspecified atom stereocenters. The highest BCUT2D eigenvalue weighted by molar-refractivity contribution is 14.1. The summed E-state index contributed by atoms with van der Waals surface area (Å²) in [5, 5.41) is 3.97. The summed E-state index contributed by atoms with van der Waals surface area (Å²) in [4.78, 5) is 13.8. The average molecular weight is 442 g/mol. The van der Waals surface area contributed by atoms with Crippen molar-refractivity contribution >= 4 is 67.1 Å². The summed E-state index contributed by atoms with van der Waals surface area (Å²) in [5.74, 6) is 0.0755. The van der Waals surface area contributed by atoms with Crippen LogP contribution in [0.25, 0.3) is 0 Å². The van der Waals surface area contributed by atoms with Crippen molar-refractivity contribution in [3.05, 3.63) is 40.7 Å². The van der Waals surface area contributed by atoms with Crippen molar-refractivity contribution in [3.63, 3.8) is 0 Å². The lowest BCUT2D eigenvalue weighted by molar-refractivity contribution is 0.0786. The Kier molecular flexibility index (Phi) is 4.62. The highest BCUT2D eigenvalue weighted by Gasteiger charge is 2.14. The Bertz CT molecular complexity index is 537. The Morgan fingerprint density at radius 2 is 2.18 bits per heavy atom. The number of nitrogens with zero attached hydrogens (tertiary/aromatic N) is 1. The minimum atomic E-state index is 0.0755. The summed E-state index contributed by atoms with van der Waals surface area (Å²) >= 11 is 8.88. The van der Waals surface area contributed by atoms with Crippen LogP contribution >= 0.6 is 61.2 Å². The second kappa shape index (κ2) is 5.81. The van der Waals surface area contributed by atoms with E-state index in [-0.39, 0.29) is 5.91 Å². The predicted molar refractivity (Wildman–Crippen MR) is 84.9 cm³/mol. The molecule has 6 heteroatoms. The van der Waals surface area contributed by atoms with Crippen LogP contribution in [0.1, 0.15) is 15.9 Å². The smallest absolute Gasteiger partial charge is 0.254 e. The van der Waals surface area contributed by atoms with Gasteiger partial charge in [-0.2, -0.15) is 0 Å². The van der Waals surface area contributed by atoms with Crippen molar-refractivity contribution in [3.8, 4) is 0 Å². The van der Waals surface area contributed by atoms with Crippen LogP contribution in [0, 0.1) is 2.88 Å². The fourth-order valence-electron chi connectivity index (χ4n) is 1.42. The molecule has 0 atom stereocenters. The van der Waals surface area contributed by atoms with Gasteiger partial charge >= 0.3 is 0 Å². The second-order valence-electron chi connectivity index (χ2n) is 3.56. The highest BCUT2D eigenvalue weighted by atomic mass is 127. The molecule has 90 valence electrons. The first-order chi connectivity index (χ1) is 8.06. The molecule has 2 aromatic heterocycles. The van der Waals surface area contributed by atoms with Gasteiger partial charge in [0.2, 0.25) is 0 Å². The van der Waals surface area contributed by atoms with Gasteiger partial charge < -0.3 is 4.90 Å². The summed E-state index contributed by atoms with van der Waals surface area (Å²) in [6.07, 6.45) is 0. The van der Waals surface area contributed by atoms with E-state index < -0.39 is 0 Å². The van der Waals surface area contributed by atoms with E-state index in [1.165, 1.54) is 0 Å². The third-order valence-corrected chi connectivity index (χ3v) is 5.54. The van der Waals surface area contributed by atoms with Crippen molar-refractivity contribution in [2.75, 3.05) is 7.05 Å². The molecule has 0 spiro atoms. The van der Waals surface area contributed by atoms with Crippen LogP contribution in [-0.4, -0.2) is 17.9 Å². The molecule has 1 amide bonds. The SMILES string of the molecule is CN(Cc1csc(Br)c1)C(=O)c1csc(I)c1. The molecule has 2 rings (SSSR count). The van der Waals surface area contributed by atoms with Crippen LogP contribution in [0.15, 0.2) is 26.7 Å². The summed E-state index contributed by atoms with van der Waals surface area (Å²) < 4.78 is 2.23. The van der Waals surface area contributed by atoms with Crippen molar-refractivity contribution in [2.45, 2.75) is 6.54 Å². The first-order valence-corrected chi connectivity index (χ1v) is 8.42. The quantitative estimate of drug-likeness (QED) is 0.644. The van der Waals surface area contributed by atoms with Gasteiger partial charge in [0.1, 0.15) is 0 Å². The standard InChI is InChI=1S/C11H9BrINOS2/c1-14(4-7-2-9(12)16-5-7)11(15)8-3-10(13)17-6-8/h2-3,5-6H,4H2,1H3. The summed E-state index contributed by atoms with van der Waals surface area (Å²) in [6, 6.07) is 3.97. The van der Waals surface area contributed by atoms with E-state index in [0.717, 1.165) is 17.8 Å². The zero-order valence-electron chi connectivity index (χ0n) is 8.94. The third-order valence-electron chi connectivity index (χ3n) is 2.20. The zero-order valence-corrected chi connectivity index (χ0v) is 14.3. The Hall–Kier alpha value is 0.0800. The van der Waals surface area contributed by atoms with Crippen LogP contribution in [0.5, 0.6) is 0 Å². The zero-order chi connectivity index (χ0) is 12.4. The molecule has 0 fully saturated rings.